The summed E-state index contributed by atoms with van der Waals surface area (Å²) in [7, 11) is 0. The minimum Gasteiger partial charge on any atom is -0.351 e. The second-order valence-electron chi connectivity index (χ2n) is 7.52. The molecular weight excluding hydrogens is 352 g/mol. The van der Waals surface area contributed by atoms with Crippen molar-refractivity contribution in [1.82, 2.24) is 15.1 Å². The number of benzene rings is 1. The molecule has 1 aromatic rings. The van der Waals surface area contributed by atoms with E-state index in [1.807, 2.05) is 35.2 Å². The van der Waals surface area contributed by atoms with Crippen LogP contribution < -0.4 is 5.32 Å². The van der Waals surface area contributed by atoms with E-state index < -0.39 is 5.92 Å². The van der Waals surface area contributed by atoms with Crippen LogP contribution in [0, 0.1) is 5.92 Å². The Morgan fingerprint density at radius 1 is 1.11 bits per heavy atom. The lowest BCUT2D eigenvalue weighted by atomic mass is 9.95. The highest BCUT2D eigenvalue weighted by Crippen LogP contribution is 2.29. The normalized spacial score (nSPS) is 23.0. The van der Waals surface area contributed by atoms with Crippen LogP contribution in [0.5, 0.6) is 0 Å². The third-order valence-corrected chi connectivity index (χ3v) is 5.36. The average Bonchev–Trinajstić information content (AvgIpc) is 2.67. The molecule has 27 heavy (non-hydrogen) atoms. The smallest absolute Gasteiger partial charge is 0.251 e. The van der Waals surface area contributed by atoms with Crippen LogP contribution in [-0.4, -0.2) is 60.3 Å². The highest BCUT2D eigenvalue weighted by Gasteiger charge is 2.38. The highest BCUT2D eigenvalue weighted by atomic mass is 19.3. The van der Waals surface area contributed by atoms with E-state index in [-0.39, 0.29) is 50.2 Å². The number of carbonyl (C=O) groups is 2. The second kappa shape index (κ2) is 8.78. The first-order chi connectivity index (χ1) is 12.9. The Morgan fingerprint density at radius 2 is 1.81 bits per heavy atom. The number of hydrogen-bond donors (Lipinski definition) is 1. The number of hydrogen-bond acceptors (Lipinski definition) is 3. The maximum atomic E-state index is 13.3. The van der Waals surface area contributed by atoms with E-state index in [1.54, 1.807) is 4.90 Å². The molecule has 2 amide bonds. The minimum absolute atomic E-state index is 0.0418. The molecule has 2 aliphatic heterocycles. The molecule has 0 radical (unpaired) electrons. The molecule has 1 unspecified atom stereocenters. The van der Waals surface area contributed by atoms with Gasteiger partial charge in [-0.25, -0.2) is 8.78 Å². The van der Waals surface area contributed by atoms with Crippen molar-refractivity contribution in [2.75, 3.05) is 32.7 Å². The lowest BCUT2D eigenvalue weighted by Crippen LogP contribution is -2.50. The summed E-state index contributed by atoms with van der Waals surface area (Å²) in [6, 6.07) is 9.70. The maximum absolute atomic E-state index is 13.3. The predicted octanol–water partition coefficient (Wildman–Crippen LogP) is 2.27. The topological polar surface area (TPSA) is 52.7 Å². The second-order valence-corrected chi connectivity index (χ2v) is 7.52. The molecule has 2 aliphatic rings. The van der Waals surface area contributed by atoms with Crippen LogP contribution in [0.4, 0.5) is 8.78 Å². The molecule has 0 aromatic heterocycles. The molecule has 0 aliphatic carbocycles. The van der Waals surface area contributed by atoms with Crippen LogP contribution >= 0.6 is 0 Å². The van der Waals surface area contributed by atoms with Crippen molar-refractivity contribution < 1.29 is 18.4 Å². The van der Waals surface area contributed by atoms with Gasteiger partial charge in [-0.05, 0) is 24.9 Å². The summed E-state index contributed by atoms with van der Waals surface area (Å²) in [5, 5.41) is 2.90. The molecule has 3 rings (SSSR count). The molecule has 0 spiro atoms. The maximum Gasteiger partial charge on any atom is 0.251 e. The molecule has 0 saturated carbocycles. The summed E-state index contributed by atoms with van der Waals surface area (Å²) in [4.78, 5) is 28.4. The van der Waals surface area contributed by atoms with Gasteiger partial charge < -0.3 is 10.2 Å². The molecule has 2 saturated heterocycles. The van der Waals surface area contributed by atoms with E-state index in [4.69, 9.17) is 0 Å². The minimum atomic E-state index is -2.65. The van der Waals surface area contributed by atoms with Crippen LogP contribution in [0.1, 0.15) is 31.2 Å². The summed E-state index contributed by atoms with van der Waals surface area (Å²) in [5.41, 5.74) is 1.04. The number of likely N-dealkylation sites (tertiary alicyclic amines) is 2. The van der Waals surface area contributed by atoms with Gasteiger partial charge in [-0.3, -0.25) is 14.5 Å². The third kappa shape index (κ3) is 5.73. The van der Waals surface area contributed by atoms with Gasteiger partial charge in [0.15, 0.2) is 0 Å². The monoisotopic (exact) mass is 379 g/mol. The number of nitrogens with one attached hydrogen (secondary N) is 1. The zero-order valence-corrected chi connectivity index (χ0v) is 15.5. The van der Waals surface area contributed by atoms with Crippen LogP contribution in [-0.2, 0) is 16.1 Å². The van der Waals surface area contributed by atoms with Crippen molar-refractivity contribution in [2.24, 2.45) is 5.92 Å². The van der Waals surface area contributed by atoms with Gasteiger partial charge in [0.25, 0.3) is 5.92 Å². The van der Waals surface area contributed by atoms with E-state index in [9.17, 15) is 18.4 Å². The fourth-order valence-corrected chi connectivity index (χ4v) is 3.77. The number of nitrogens with zero attached hydrogens (tertiary/aromatic N) is 2. The van der Waals surface area contributed by atoms with Gasteiger partial charge in [0.05, 0.1) is 12.5 Å². The summed E-state index contributed by atoms with van der Waals surface area (Å²) in [6.07, 6.45) is 1.09. The molecule has 5 nitrogen and oxygen atoms in total. The fourth-order valence-electron chi connectivity index (χ4n) is 3.77. The molecule has 1 N–H and O–H groups in total. The van der Waals surface area contributed by atoms with Gasteiger partial charge in [-0.15, -0.1) is 0 Å². The Kier molecular flexibility index (Phi) is 6.42. The van der Waals surface area contributed by atoms with Crippen molar-refractivity contribution in [3.05, 3.63) is 35.9 Å². The number of carbonyl (C=O) groups excluding carboxylic acids is 2. The Morgan fingerprint density at radius 3 is 2.52 bits per heavy atom. The molecule has 1 aromatic carbocycles. The number of alkyl halides is 2. The summed E-state index contributed by atoms with van der Waals surface area (Å²) in [5.74, 6) is -2.96. The van der Waals surface area contributed by atoms with Crippen molar-refractivity contribution in [2.45, 2.75) is 38.2 Å². The average molecular weight is 379 g/mol. The zero-order valence-electron chi connectivity index (χ0n) is 15.5. The van der Waals surface area contributed by atoms with E-state index in [2.05, 4.69) is 5.32 Å². The summed E-state index contributed by atoms with van der Waals surface area (Å²) < 4.78 is 26.6. The van der Waals surface area contributed by atoms with Crippen LogP contribution in [0.3, 0.4) is 0 Å². The van der Waals surface area contributed by atoms with Gasteiger partial charge >= 0.3 is 0 Å². The highest BCUT2D eigenvalue weighted by molar-refractivity contribution is 5.80. The first-order valence-corrected chi connectivity index (χ1v) is 9.62. The Hall–Kier alpha value is -2.02. The molecule has 0 bridgehead atoms. The Labute approximate surface area is 158 Å². The molecule has 1 atom stereocenters. The standard InChI is InChI=1S/C20H27F2N3O2/c21-20(22)8-11-25(12-9-20)19(27)17-7-4-10-24(14-17)15-18(26)23-13-16-5-2-1-3-6-16/h1-3,5-6,17H,4,7-15H2,(H,23,26). The number of piperidine rings is 2. The largest absolute Gasteiger partial charge is 0.351 e. The van der Waals surface area contributed by atoms with Crippen LogP contribution in [0.2, 0.25) is 0 Å². The third-order valence-electron chi connectivity index (χ3n) is 5.36. The summed E-state index contributed by atoms with van der Waals surface area (Å²) >= 11 is 0. The molecule has 7 heteroatoms. The van der Waals surface area contributed by atoms with Crippen molar-refractivity contribution in [1.29, 1.82) is 0 Å². The molecular formula is C20H27F2N3O2. The predicted molar refractivity (Wildman–Crippen MR) is 98.2 cm³/mol. The summed E-state index contributed by atoms with van der Waals surface area (Å²) in [6.45, 7) is 2.29. The van der Waals surface area contributed by atoms with Crippen molar-refractivity contribution in [3.8, 4) is 0 Å². The van der Waals surface area contributed by atoms with Gasteiger partial charge in [0.2, 0.25) is 11.8 Å². The number of amides is 2. The fraction of sp³-hybridized carbons (Fsp3) is 0.600. The van der Waals surface area contributed by atoms with Crippen molar-refractivity contribution >= 4 is 11.8 Å². The SMILES string of the molecule is O=C(CN1CCCC(C(=O)N2CCC(F)(F)CC2)C1)NCc1ccccc1. The van der Waals surface area contributed by atoms with Gasteiger partial charge in [-0.2, -0.15) is 0 Å². The van der Waals surface area contributed by atoms with Gasteiger partial charge in [0.1, 0.15) is 0 Å². The van der Waals surface area contributed by atoms with E-state index in [0.717, 1.165) is 24.9 Å². The lowest BCUT2D eigenvalue weighted by Gasteiger charge is -2.37. The first kappa shape index (κ1) is 19.7. The first-order valence-electron chi connectivity index (χ1n) is 9.62. The molecule has 148 valence electrons. The van der Waals surface area contributed by atoms with Gasteiger partial charge in [-0.1, -0.05) is 30.3 Å². The van der Waals surface area contributed by atoms with Gasteiger partial charge in [0, 0.05) is 39.0 Å². The van der Waals surface area contributed by atoms with E-state index >= 15 is 0 Å². The van der Waals surface area contributed by atoms with Crippen molar-refractivity contribution in [3.63, 3.8) is 0 Å². The Balaban J connectivity index is 1.44. The Bertz CT molecular complexity index is 644. The van der Waals surface area contributed by atoms with E-state index in [1.165, 1.54) is 0 Å². The van der Waals surface area contributed by atoms with Crippen LogP contribution in [0.15, 0.2) is 30.3 Å². The lowest BCUT2D eigenvalue weighted by molar-refractivity contribution is -0.144. The molecule has 2 heterocycles. The quantitative estimate of drug-likeness (QED) is 0.854. The van der Waals surface area contributed by atoms with Crippen LogP contribution in [0.25, 0.3) is 0 Å². The zero-order chi connectivity index (χ0) is 19.3. The number of halogens is 2. The molecule has 2 fully saturated rings. The van der Waals surface area contributed by atoms with E-state index in [0.29, 0.717) is 13.1 Å². The number of rotatable bonds is 5.